The Bertz CT molecular complexity index is 3470. The fourth-order valence-corrected chi connectivity index (χ4v) is 9.56. The summed E-state index contributed by atoms with van der Waals surface area (Å²) in [6.45, 7) is 4.67. The molecular formula is C58H40N4O. The van der Waals surface area contributed by atoms with Crippen molar-refractivity contribution in [1.29, 1.82) is 0 Å². The Balaban J connectivity index is 1.02. The summed E-state index contributed by atoms with van der Waals surface area (Å²) in [6.07, 6.45) is 0. The Morgan fingerprint density at radius 2 is 0.921 bits per heavy atom. The van der Waals surface area contributed by atoms with Crippen molar-refractivity contribution >= 4 is 49.8 Å². The van der Waals surface area contributed by atoms with Gasteiger partial charge in [0.05, 0.1) is 0 Å². The molecule has 63 heavy (non-hydrogen) atoms. The van der Waals surface area contributed by atoms with Gasteiger partial charge in [-0.3, -0.25) is 0 Å². The third-order valence-electron chi connectivity index (χ3n) is 12.7. The largest absolute Gasteiger partial charge is 0.455 e. The molecule has 0 N–H and O–H groups in total. The van der Waals surface area contributed by atoms with Crippen LogP contribution in [0.4, 0.5) is 17.1 Å². The number of fused-ring (bicyclic) bond motifs is 8. The molecule has 0 saturated carbocycles. The number of para-hydroxylation sites is 2. The highest BCUT2D eigenvalue weighted by atomic mass is 16.3. The Hall–Kier alpha value is -8.15. The first-order valence-electron chi connectivity index (χ1n) is 21.4. The molecule has 2 heterocycles. The van der Waals surface area contributed by atoms with E-state index in [4.69, 9.17) is 19.4 Å². The number of furan rings is 1. The lowest BCUT2D eigenvalue weighted by Crippen LogP contribution is -2.16. The molecule has 1 aliphatic carbocycles. The fraction of sp³-hybridized carbons (Fsp3) is 0.0517. The summed E-state index contributed by atoms with van der Waals surface area (Å²) in [5, 5.41) is 4.25. The average Bonchev–Trinajstić information content (AvgIpc) is 3.84. The number of hydrogen-bond donors (Lipinski definition) is 0. The molecule has 0 atom stereocenters. The smallest absolute Gasteiger partial charge is 0.164 e. The van der Waals surface area contributed by atoms with E-state index in [9.17, 15) is 0 Å². The van der Waals surface area contributed by atoms with Gasteiger partial charge in [0.25, 0.3) is 0 Å². The minimum atomic E-state index is -0.114. The van der Waals surface area contributed by atoms with E-state index >= 15 is 0 Å². The monoisotopic (exact) mass is 808 g/mol. The Labute approximate surface area is 365 Å². The van der Waals surface area contributed by atoms with Crippen molar-refractivity contribution < 1.29 is 4.42 Å². The zero-order chi connectivity index (χ0) is 42.1. The van der Waals surface area contributed by atoms with Crippen molar-refractivity contribution in [3.8, 4) is 56.4 Å². The van der Waals surface area contributed by atoms with Crippen LogP contribution >= 0.6 is 0 Å². The van der Waals surface area contributed by atoms with E-state index < -0.39 is 0 Å². The molecule has 298 valence electrons. The van der Waals surface area contributed by atoms with Gasteiger partial charge in [0.2, 0.25) is 0 Å². The highest BCUT2D eigenvalue weighted by molar-refractivity contribution is 6.19. The zero-order valence-corrected chi connectivity index (χ0v) is 34.8. The lowest BCUT2D eigenvalue weighted by atomic mass is 9.82. The normalized spacial score (nSPS) is 12.7. The second-order valence-electron chi connectivity index (χ2n) is 16.8. The Morgan fingerprint density at radius 3 is 1.63 bits per heavy atom. The van der Waals surface area contributed by atoms with Crippen molar-refractivity contribution in [2.24, 2.45) is 0 Å². The summed E-state index contributed by atoms with van der Waals surface area (Å²) in [4.78, 5) is 17.5. The number of anilines is 3. The Morgan fingerprint density at radius 1 is 0.365 bits per heavy atom. The Kier molecular flexibility index (Phi) is 8.44. The van der Waals surface area contributed by atoms with Crippen molar-refractivity contribution in [1.82, 2.24) is 15.0 Å². The summed E-state index contributed by atoms with van der Waals surface area (Å²) in [5.74, 6) is 1.86. The molecule has 2 aromatic heterocycles. The van der Waals surface area contributed by atoms with Gasteiger partial charge in [0.1, 0.15) is 11.2 Å². The number of aromatic nitrogens is 3. The number of hydrogen-bond acceptors (Lipinski definition) is 5. The maximum atomic E-state index is 6.62. The van der Waals surface area contributed by atoms with Crippen LogP contribution in [0.15, 0.2) is 211 Å². The van der Waals surface area contributed by atoms with Gasteiger partial charge in [-0.15, -0.1) is 0 Å². The molecule has 0 saturated heterocycles. The number of benzene rings is 9. The van der Waals surface area contributed by atoms with E-state index in [1.54, 1.807) is 0 Å². The molecule has 1 aliphatic rings. The van der Waals surface area contributed by atoms with Gasteiger partial charge in [-0.25, -0.2) is 15.0 Å². The van der Waals surface area contributed by atoms with Crippen molar-refractivity contribution in [2.75, 3.05) is 4.90 Å². The molecule has 12 rings (SSSR count). The van der Waals surface area contributed by atoms with Crippen LogP contribution in [0, 0.1) is 0 Å². The van der Waals surface area contributed by atoms with E-state index in [0.29, 0.717) is 17.5 Å². The standard InChI is InChI=1S/C58H40N4O/c1-58(2)51-24-14-12-22-44(51)45-33-31-43(35-52(45)58)62(41-20-10-5-11-21-41)42-29-26-37(27-30-42)48-36-50-46-23-13-15-25-53(46)63-54(50)47-32-28-40(34-49(47)48)57-60-55(38-16-6-3-7-17-38)59-56(61-57)39-18-8-4-9-19-39/h3-36H,1-2H3. The summed E-state index contributed by atoms with van der Waals surface area (Å²) in [6, 6.07) is 72.7. The first-order chi connectivity index (χ1) is 31.0. The highest BCUT2D eigenvalue weighted by Crippen LogP contribution is 2.51. The predicted octanol–water partition coefficient (Wildman–Crippen LogP) is 15.4. The van der Waals surface area contributed by atoms with Crippen LogP contribution in [-0.4, -0.2) is 15.0 Å². The molecular weight excluding hydrogens is 769 g/mol. The maximum absolute atomic E-state index is 6.62. The van der Waals surface area contributed by atoms with Crippen LogP contribution in [0.5, 0.6) is 0 Å². The molecule has 0 radical (unpaired) electrons. The van der Waals surface area contributed by atoms with Gasteiger partial charge in [-0.2, -0.15) is 0 Å². The predicted molar refractivity (Wildman–Crippen MR) is 259 cm³/mol. The molecule has 5 nitrogen and oxygen atoms in total. The quantitative estimate of drug-likeness (QED) is 0.160. The van der Waals surface area contributed by atoms with Crippen molar-refractivity contribution in [3.63, 3.8) is 0 Å². The average molecular weight is 809 g/mol. The third-order valence-corrected chi connectivity index (χ3v) is 12.7. The molecule has 0 spiro atoms. The topological polar surface area (TPSA) is 55.1 Å². The first-order valence-corrected chi connectivity index (χ1v) is 21.4. The lowest BCUT2D eigenvalue weighted by molar-refractivity contribution is 0.660. The fourth-order valence-electron chi connectivity index (χ4n) is 9.56. The van der Waals surface area contributed by atoms with Crippen LogP contribution in [0.1, 0.15) is 25.0 Å². The van der Waals surface area contributed by atoms with Crippen molar-refractivity contribution in [3.05, 3.63) is 217 Å². The molecule has 0 aliphatic heterocycles. The van der Waals surface area contributed by atoms with Crippen LogP contribution in [0.3, 0.4) is 0 Å². The molecule has 5 heteroatoms. The van der Waals surface area contributed by atoms with E-state index in [2.05, 4.69) is 152 Å². The van der Waals surface area contributed by atoms with Gasteiger partial charge in [0, 0.05) is 55.3 Å². The molecule has 0 amide bonds. The van der Waals surface area contributed by atoms with Gasteiger partial charge in [-0.1, -0.05) is 159 Å². The minimum absolute atomic E-state index is 0.114. The lowest BCUT2D eigenvalue weighted by Gasteiger charge is -2.28. The van der Waals surface area contributed by atoms with E-state index in [1.807, 2.05) is 72.8 Å². The number of nitrogens with zero attached hydrogens (tertiary/aromatic N) is 4. The van der Waals surface area contributed by atoms with E-state index in [1.165, 1.54) is 22.3 Å². The van der Waals surface area contributed by atoms with E-state index in [0.717, 1.165) is 77.6 Å². The molecule has 0 fully saturated rings. The second-order valence-corrected chi connectivity index (χ2v) is 16.8. The molecule has 11 aromatic rings. The maximum Gasteiger partial charge on any atom is 0.164 e. The van der Waals surface area contributed by atoms with Crippen LogP contribution in [-0.2, 0) is 5.41 Å². The van der Waals surface area contributed by atoms with Crippen LogP contribution < -0.4 is 4.90 Å². The molecule has 0 unspecified atom stereocenters. The zero-order valence-electron chi connectivity index (χ0n) is 34.8. The third kappa shape index (κ3) is 6.12. The summed E-state index contributed by atoms with van der Waals surface area (Å²) >= 11 is 0. The highest BCUT2D eigenvalue weighted by Gasteiger charge is 2.35. The first kappa shape index (κ1) is 36.7. The van der Waals surface area contributed by atoms with Crippen molar-refractivity contribution in [2.45, 2.75) is 19.3 Å². The minimum Gasteiger partial charge on any atom is -0.455 e. The summed E-state index contributed by atoms with van der Waals surface area (Å²) in [5.41, 5.74) is 15.2. The number of rotatable bonds is 7. The second kappa shape index (κ2) is 14.5. The van der Waals surface area contributed by atoms with Gasteiger partial charge in [0.15, 0.2) is 17.5 Å². The van der Waals surface area contributed by atoms with Gasteiger partial charge in [-0.05, 0) is 99.4 Å². The van der Waals surface area contributed by atoms with Gasteiger partial charge < -0.3 is 9.32 Å². The summed E-state index contributed by atoms with van der Waals surface area (Å²) in [7, 11) is 0. The van der Waals surface area contributed by atoms with E-state index in [-0.39, 0.29) is 5.41 Å². The van der Waals surface area contributed by atoms with Crippen LogP contribution in [0.25, 0.3) is 89.1 Å². The SMILES string of the molecule is CC1(C)c2ccccc2-c2ccc(N(c3ccccc3)c3ccc(-c4cc5c6ccccc6oc5c5ccc(-c6nc(-c7ccccc7)nc(-c7ccccc7)n6)cc45)cc3)cc21. The van der Waals surface area contributed by atoms with Crippen LogP contribution in [0.2, 0.25) is 0 Å². The molecule has 9 aromatic carbocycles. The summed E-state index contributed by atoms with van der Waals surface area (Å²) < 4.78 is 6.62. The van der Waals surface area contributed by atoms with Gasteiger partial charge >= 0.3 is 0 Å². The molecule has 0 bridgehead atoms.